The molecule has 0 bridgehead atoms. The normalized spacial score (nSPS) is 18.1. The molecule has 40 heavy (non-hydrogen) atoms. The van der Waals surface area contributed by atoms with Gasteiger partial charge in [0, 0.05) is 57.7 Å². The smallest absolute Gasteiger partial charge is 0.251 e. The number of hydrogen-bond donors (Lipinski definition) is 2. The van der Waals surface area contributed by atoms with Gasteiger partial charge in [-0.15, -0.1) is 0 Å². The van der Waals surface area contributed by atoms with Crippen LogP contribution in [0.2, 0.25) is 0 Å². The van der Waals surface area contributed by atoms with Gasteiger partial charge in [0.15, 0.2) is 11.6 Å². The second-order valence-electron chi connectivity index (χ2n) is 10.8. The van der Waals surface area contributed by atoms with Gasteiger partial charge in [-0.1, -0.05) is 0 Å². The monoisotopic (exact) mass is 543 g/mol. The topological polar surface area (TPSA) is 103 Å². The van der Waals surface area contributed by atoms with Gasteiger partial charge in [0.25, 0.3) is 5.91 Å². The molecule has 206 valence electrons. The Kier molecular flexibility index (Phi) is 6.64. The Labute approximate surface area is 230 Å². The van der Waals surface area contributed by atoms with E-state index in [2.05, 4.69) is 15.3 Å². The van der Waals surface area contributed by atoms with E-state index >= 15 is 0 Å². The molecule has 3 heterocycles. The molecule has 1 aliphatic heterocycles. The zero-order chi connectivity index (χ0) is 28.0. The van der Waals surface area contributed by atoms with E-state index in [1.165, 1.54) is 12.3 Å². The minimum Gasteiger partial charge on any atom is -0.491 e. The highest BCUT2D eigenvalue weighted by atomic mass is 19.1. The predicted octanol–water partition coefficient (Wildman–Crippen LogP) is 5.33. The molecule has 2 aromatic carbocycles. The van der Waals surface area contributed by atoms with Crippen molar-refractivity contribution in [1.82, 2.24) is 15.3 Å². The minimum atomic E-state index is -0.606. The van der Waals surface area contributed by atoms with Gasteiger partial charge in [-0.2, -0.15) is 0 Å². The lowest BCUT2D eigenvalue weighted by Crippen LogP contribution is -2.25. The Bertz CT molecular complexity index is 1610. The van der Waals surface area contributed by atoms with Crippen LogP contribution >= 0.6 is 0 Å². The lowest BCUT2D eigenvalue weighted by atomic mass is 9.99. The number of ether oxygens (including phenoxy) is 3. The summed E-state index contributed by atoms with van der Waals surface area (Å²) in [6.07, 6.45) is 4.89. The van der Waals surface area contributed by atoms with Gasteiger partial charge in [0.05, 0.1) is 12.3 Å². The van der Waals surface area contributed by atoms with Crippen LogP contribution in [0.25, 0.3) is 22.2 Å². The van der Waals surface area contributed by atoms with Crippen LogP contribution in [0.1, 0.15) is 58.5 Å². The first-order chi connectivity index (χ1) is 19.2. The van der Waals surface area contributed by atoms with Crippen LogP contribution in [-0.2, 0) is 9.47 Å². The quantitative estimate of drug-likeness (QED) is 0.291. The van der Waals surface area contributed by atoms with Crippen molar-refractivity contribution in [2.45, 2.75) is 51.5 Å². The second kappa shape index (κ2) is 10.1. The van der Waals surface area contributed by atoms with E-state index in [1.54, 1.807) is 31.3 Å². The largest absolute Gasteiger partial charge is 0.491 e. The molecule has 2 aliphatic rings. The zero-order valence-corrected chi connectivity index (χ0v) is 22.5. The molecular formula is C31H30FN3O5. The maximum atomic E-state index is 14.7. The van der Waals surface area contributed by atoms with Crippen molar-refractivity contribution >= 4 is 22.6 Å². The third-order valence-electron chi connectivity index (χ3n) is 7.22. The first-order valence-electron chi connectivity index (χ1n) is 13.3. The third kappa shape index (κ3) is 5.35. The summed E-state index contributed by atoms with van der Waals surface area (Å²) < 4.78 is 31.9. The van der Waals surface area contributed by atoms with Crippen molar-refractivity contribution in [3.63, 3.8) is 0 Å². The maximum absolute atomic E-state index is 14.7. The van der Waals surface area contributed by atoms with E-state index in [-0.39, 0.29) is 29.4 Å². The average Bonchev–Trinajstić information content (AvgIpc) is 3.54. The molecule has 4 aromatic rings. The van der Waals surface area contributed by atoms with Crippen molar-refractivity contribution in [2.24, 2.45) is 0 Å². The summed E-state index contributed by atoms with van der Waals surface area (Å²) in [4.78, 5) is 33.5. The zero-order valence-electron chi connectivity index (χ0n) is 22.5. The van der Waals surface area contributed by atoms with Crippen LogP contribution in [-0.4, -0.2) is 52.8 Å². The molecule has 1 unspecified atom stereocenters. The highest BCUT2D eigenvalue weighted by Gasteiger charge is 2.33. The number of hydrogen-bond acceptors (Lipinski definition) is 6. The van der Waals surface area contributed by atoms with Gasteiger partial charge in [0.1, 0.15) is 24.3 Å². The molecule has 9 heteroatoms. The molecule has 1 saturated carbocycles. The number of fused-ring (bicyclic) bond motifs is 1. The lowest BCUT2D eigenvalue weighted by Gasteiger charge is -2.17. The summed E-state index contributed by atoms with van der Waals surface area (Å²) in [6.45, 7) is 6.21. The Balaban J connectivity index is 1.18. The number of nitrogens with one attached hydrogen (secondary N) is 2. The number of H-pyrrole nitrogens is 1. The van der Waals surface area contributed by atoms with Gasteiger partial charge in [-0.3, -0.25) is 14.6 Å². The number of nitrogens with zero attached hydrogens (tertiary/aromatic N) is 1. The molecule has 1 amide bonds. The molecule has 1 saturated heterocycles. The van der Waals surface area contributed by atoms with E-state index in [0.29, 0.717) is 46.9 Å². The first kappa shape index (κ1) is 26.2. The number of aromatic amines is 1. The number of halogens is 1. The summed E-state index contributed by atoms with van der Waals surface area (Å²) in [5, 5.41) is 3.64. The molecule has 2 N–H and O–H groups in total. The molecule has 1 atom stereocenters. The summed E-state index contributed by atoms with van der Waals surface area (Å²) in [5.74, 6) is -0.922. The highest BCUT2D eigenvalue weighted by molar-refractivity contribution is 6.16. The number of pyridine rings is 1. The minimum absolute atomic E-state index is 0.149. The van der Waals surface area contributed by atoms with Gasteiger partial charge in [-0.25, -0.2) is 4.39 Å². The predicted molar refractivity (Wildman–Crippen MR) is 147 cm³/mol. The number of aromatic nitrogens is 2. The first-order valence-corrected chi connectivity index (χ1v) is 13.3. The SMILES string of the molecule is Cc1c(F)cc(C(=O)NC2CC2)cc1-c1ccc(C(=O)c2c[nH]c3cc(OCC4COC(C)(C)O4)ccc23)cn1. The Morgan fingerprint density at radius 2 is 1.98 bits per heavy atom. The maximum Gasteiger partial charge on any atom is 0.251 e. The highest BCUT2D eigenvalue weighted by Crippen LogP contribution is 2.29. The molecular weight excluding hydrogens is 513 g/mol. The Morgan fingerprint density at radius 3 is 2.67 bits per heavy atom. The Morgan fingerprint density at radius 1 is 1.15 bits per heavy atom. The van der Waals surface area contributed by atoms with Gasteiger partial charge >= 0.3 is 0 Å². The number of benzene rings is 2. The van der Waals surface area contributed by atoms with Crippen molar-refractivity contribution in [1.29, 1.82) is 0 Å². The van der Waals surface area contributed by atoms with Gasteiger partial charge in [-0.05, 0) is 75.6 Å². The lowest BCUT2D eigenvalue weighted by molar-refractivity contribution is -0.141. The van der Waals surface area contributed by atoms with E-state index in [9.17, 15) is 14.0 Å². The van der Waals surface area contributed by atoms with Crippen molar-refractivity contribution in [3.8, 4) is 17.0 Å². The van der Waals surface area contributed by atoms with Crippen molar-refractivity contribution in [2.75, 3.05) is 13.2 Å². The van der Waals surface area contributed by atoms with Crippen LogP contribution in [0.5, 0.6) is 5.75 Å². The molecule has 0 spiro atoms. The third-order valence-corrected chi connectivity index (χ3v) is 7.22. The van der Waals surface area contributed by atoms with E-state index in [0.717, 1.165) is 23.7 Å². The number of carbonyl (C=O) groups excluding carboxylic acids is 2. The number of ketones is 1. The Hall–Kier alpha value is -4.08. The van der Waals surface area contributed by atoms with E-state index in [1.807, 2.05) is 32.0 Å². The summed E-state index contributed by atoms with van der Waals surface area (Å²) >= 11 is 0. The molecule has 2 aromatic heterocycles. The molecule has 6 rings (SSSR count). The molecule has 2 fully saturated rings. The fourth-order valence-corrected chi connectivity index (χ4v) is 4.83. The van der Waals surface area contributed by atoms with Crippen LogP contribution in [0.15, 0.2) is 54.9 Å². The number of amides is 1. The standard InChI is InChI=1S/C31H30FN3O5/c1-17-24(10-19(11-26(17)32)30(37)35-20-5-6-20)27-9-4-18(13-33-27)29(36)25-14-34-28-12-21(7-8-23(25)28)38-15-22-16-39-31(2,3)40-22/h4,7-14,20,22,34H,5-6,15-16H2,1-3H3,(H,35,37). The van der Waals surface area contributed by atoms with Crippen molar-refractivity contribution in [3.05, 3.63) is 82.9 Å². The van der Waals surface area contributed by atoms with Gasteiger partial charge < -0.3 is 24.5 Å². The fourth-order valence-electron chi connectivity index (χ4n) is 4.83. The average molecular weight is 544 g/mol. The van der Waals surface area contributed by atoms with Crippen LogP contribution in [0.4, 0.5) is 4.39 Å². The molecule has 0 radical (unpaired) electrons. The fraction of sp³-hybridized carbons (Fsp3) is 0.323. The summed E-state index contributed by atoms with van der Waals surface area (Å²) in [5.41, 5.74) is 3.30. The van der Waals surface area contributed by atoms with Crippen molar-refractivity contribution < 1.29 is 28.2 Å². The van der Waals surface area contributed by atoms with Crippen LogP contribution in [0.3, 0.4) is 0 Å². The summed E-state index contributed by atoms with van der Waals surface area (Å²) in [7, 11) is 0. The van der Waals surface area contributed by atoms with Crippen LogP contribution in [0, 0.1) is 12.7 Å². The summed E-state index contributed by atoms with van der Waals surface area (Å²) in [6, 6.07) is 11.9. The van der Waals surface area contributed by atoms with Crippen LogP contribution < -0.4 is 10.1 Å². The number of rotatable bonds is 8. The van der Waals surface area contributed by atoms with E-state index in [4.69, 9.17) is 14.2 Å². The molecule has 8 nitrogen and oxygen atoms in total. The van der Waals surface area contributed by atoms with E-state index < -0.39 is 11.6 Å². The van der Waals surface area contributed by atoms with Gasteiger partial charge in [0.2, 0.25) is 0 Å². The second-order valence-corrected chi connectivity index (χ2v) is 10.8. The molecule has 1 aliphatic carbocycles. The number of carbonyl (C=O) groups is 2.